The third-order valence-corrected chi connectivity index (χ3v) is 5.00. The van der Waals surface area contributed by atoms with Crippen LogP contribution in [0.25, 0.3) is 0 Å². The van der Waals surface area contributed by atoms with E-state index in [1.807, 2.05) is 12.1 Å². The highest BCUT2D eigenvalue weighted by Gasteiger charge is 2.28. The Labute approximate surface area is 161 Å². The van der Waals surface area contributed by atoms with Crippen LogP contribution >= 0.6 is 11.3 Å². The highest BCUT2D eigenvalue weighted by molar-refractivity contribution is 7.18. The summed E-state index contributed by atoms with van der Waals surface area (Å²) in [5, 5.41) is 0.0922. The van der Waals surface area contributed by atoms with Crippen LogP contribution < -0.4 is 5.73 Å². The molecule has 0 spiro atoms. The van der Waals surface area contributed by atoms with Gasteiger partial charge in [0.05, 0.1) is 19.8 Å². The van der Waals surface area contributed by atoms with E-state index in [4.69, 9.17) is 19.9 Å². The van der Waals surface area contributed by atoms with Crippen molar-refractivity contribution in [3.8, 4) is 0 Å². The lowest BCUT2D eigenvalue weighted by Crippen LogP contribution is -2.12. The minimum atomic E-state index is -0.716. The molecule has 144 valence electrons. The molecule has 1 aromatic carbocycles. The van der Waals surface area contributed by atoms with Crippen LogP contribution in [0.5, 0.6) is 0 Å². The largest absolute Gasteiger partial charge is 0.465 e. The number of anilines is 1. The van der Waals surface area contributed by atoms with Gasteiger partial charge in [-0.25, -0.2) is 14.4 Å². The normalized spacial score (nSPS) is 10.6. The average Bonchev–Trinajstić information content (AvgIpc) is 3.01. The van der Waals surface area contributed by atoms with Gasteiger partial charge in [-0.2, -0.15) is 0 Å². The molecule has 1 heterocycles. The predicted molar refractivity (Wildman–Crippen MR) is 101 cm³/mol. The molecule has 0 radical (unpaired) electrons. The van der Waals surface area contributed by atoms with Crippen LogP contribution in [0.3, 0.4) is 0 Å². The van der Waals surface area contributed by atoms with Gasteiger partial charge in [-0.3, -0.25) is 0 Å². The van der Waals surface area contributed by atoms with Crippen molar-refractivity contribution in [2.24, 2.45) is 0 Å². The SMILES string of the molecule is COC(=O)c1sc(N)c(C(=O)OC)c1COC(=O)c1ccc(C(C)C)cc1. The van der Waals surface area contributed by atoms with Crippen molar-refractivity contribution in [3.63, 3.8) is 0 Å². The summed E-state index contributed by atoms with van der Waals surface area (Å²) in [7, 11) is 2.41. The first-order valence-corrected chi connectivity index (χ1v) is 8.96. The number of hydrogen-bond donors (Lipinski definition) is 1. The minimum Gasteiger partial charge on any atom is -0.465 e. The van der Waals surface area contributed by atoms with E-state index >= 15 is 0 Å². The Morgan fingerprint density at radius 1 is 1.00 bits per heavy atom. The number of carbonyl (C=O) groups excluding carboxylic acids is 3. The van der Waals surface area contributed by atoms with Crippen LogP contribution in [0.15, 0.2) is 24.3 Å². The van der Waals surface area contributed by atoms with Crippen molar-refractivity contribution in [1.29, 1.82) is 0 Å². The zero-order valence-electron chi connectivity index (χ0n) is 15.5. The van der Waals surface area contributed by atoms with E-state index in [0.29, 0.717) is 11.5 Å². The lowest BCUT2D eigenvalue weighted by Gasteiger charge is -2.09. The highest BCUT2D eigenvalue weighted by Crippen LogP contribution is 2.33. The molecule has 0 aliphatic carbocycles. The standard InChI is InChI=1S/C19H21NO6S/c1-10(2)11-5-7-12(8-6-11)17(21)26-9-13-14(18(22)24-3)16(20)27-15(13)19(23)25-4/h5-8,10H,9,20H2,1-4H3. The van der Waals surface area contributed by atoms with Crippen molar-refractivity contribution in [1.82, 2.24) is 0 Å². The van der Waals surface area contributed by atoms with Crippen LogP contribution in [0.2, 0.25) is 0 Å². The molecule has 0 bridgehead atoms. The number of thiophene rings is 1. The van der Waals surface area contributed by atoms with E-state index < -0.39 is 17.9 Å². The summed E-state index contributed by atoms with van der Waals surface area (Å²) in [6, 6.07) is 7.04. The number of methoxy groups -OCH3 is 2. The van der Waals surface area contributed by atoms with Crippen LogP contribution in [-0.4, -0.2) is 32.1 Å². The summed E-state index contributed by atoms with van der Waals surface area (Å²) in [6.07, 6.45) is 0. The second-order valence-corrected chi connectivity index (χ2v) is 7.04. The van der Waals surface area contributed by atoms with E-state index in [1.54, 1.807) is 12.1 Å². The van der Waals surface area contributed by atoms with Crippen molar-refractivity contribution < 1.29 is 28.6 Å². The van der Waals surface area contributed by atoms with Crippen molar-refractivity contribution >= 4 is 34.2 Å². The third kappa shape index (κ3) is 4.46. The number of carbonyl (C=O) groups is 3. The van der Waals surface area contributed by atoms with Gasteiger partial charge < -0.3 is 19.9 Å². The fourth-order valence-corrected chi connectivity index (χ4v) is 3.41. The van der Waals surface area contributed by atoms with Gasteiger partial charge in [-0.15, -0.1) is 11.3 Å². The first-order valence-electron chi connectivity index (χ1n) is 8.15. The number of benzene rings is 1. The number of hydrogen-bond acceptors (Lipinski definition) is 8. The Morgan fingerprint density at radius 3 is 2.11 bits per heavy atom. The van der Waals surface area contributed by atoms with Crippen molar-refractivity contribution in [3.05, 3.63) is 51.4 Å². The van der Waals surface area contributed by atoms with E-state index in [-0.39, 0.29) is 27.6 Å². The van der Waals surface area contributed by atoms with Crippen LogP contribution in [-0.2, 0) is 20.8 Å². The zero-order valence-corrected chi connectivity index (χ0v) is 16.3. The van der Waals surface area contributed by atoms with Crippen molar-refractivity contribution in [2.75, 3.05) is 20.0 Å². The molecule has 0 aliphatic rings. The second kappa shape index (κ2) is 8.68. The number of nitrogen functional groups attached to an aromatic ring is 1. The molecule has 0 saturated heterocycles. The Morgan fingerprint density at radius 2 is 1.59 bits per heavy atom. The molecule has 2 rings (SSSR count). The molecule has 7 nitrogen and oxygen atoms in total. The maximum absolute atomic E-state index is 12.3. The van der Waals surface area contributed by atoms with Crippen LogP contribution in [0, 0.1) is 0 Å². The van der Waals surface area contributed by atoms with Gasteiger partial charge in [-0.1, -0.05) is 26.0 Å². The molecule has 2 N–H and O–H groups in total. The molecule has 1 aromatic heterocycles. The molecule has 8 heteroatoms. The Hall–Kier alpha value is -2.87. The van der Waals surface area contributed by atoms with Gasteiger partial charge in [0.15, 0.2) is 0 Å². The lowest BCUT2D eigenvalue weighted by molar-refractivity contribution is 0.0452. The quantitative estimate of drug-likeness (QED) is 0.594. The first kappa shape index (κ1) is 20.4. The molecule has 0 saturated carbocycles. The first-order chi connectivity index (χ1) is 12.8. The van der Waals surface area contributed by atoms with E-state index in [1.165, 1.54) is 14.2 Å². The van der Waals surface area contributed by atoms with E-state index in [2.05, 4.69) is 13.8 Å². The summed E-state index contributed by atoms with van der Waals surface area (Å²) in [4.78, 5) is 36.4. The Bertz CT molecular complexity index is 854. The third-order valence-electron chi connectivity index (χ3n) is 3.96. The topological polar surface area (TPSA) is 105 Å². The van der Waals surface area contributed by atoms with Gasteiger partial charge in [-0.05, 0) is 23.6 Å². The number of ether oxygens (including phenoxy) is 3. The summed E-state index contributed by atoms with van der Waals surface area (Å²) in [6.45, 7) is 3.79. The van der Waals surface area contributed by atoms with Crippen molar-refractivity contribution in [2.45, 2.75) is 26.4 Å². The van der Waals surface area contributed by atoms with Gasteiger partial charge in [0, 0.05) is 5.56 Å². The molecule has 0 fully saturated rings. The number of nitrogens with two attached hydrogens (primary N) is 1. The Balaban J connectivity index is 2.26. The fourth-order valence-electron chi connectivity index (χ4n) is 2.43. The smallest absolute Gasteiger partial charge is 0.348 e. The summed E-state index contributed by atoms with van der Waals surface area (Å²) < 4.78 is 14.7. The summed E-state index contributed by atoms with van der Waals surface area (Å²) in [5.74, 6) is -1.63. The molecule has 0 amide bonds. The summed E-state index contributed by atoms with van der Waals surface area (Å²) in [5.41, 5.74) is 7.48. The maximum Gasteiger partial charge on any atom is 0.348 e. The maximum atomic E-state index is 12.3. The average molecular weight is 391 g/mol. The molecular formula is C19H21NO6S. The molecule has 0 atom stereocenters. The number of rotatable bonds is 6. The molecule has 27 heavy (non-hydrogen) atoms. The van der Waals surface area contributed by atoms with Crippen LogP contribution in [0.1, 0.15) is 61.3 Å². The summed E-state index contributed by atoms with van der Waals surface area (Å²) >= 11 is 0.881. The van der Waals surface area contributed by atoms with E-state index in [9.17, 15) is 14.4 Å². The van der Waals surface area contributed by atoms with Gasteiger partial charge in [0.25, 0.3) is 0 Å². The second-order valence-electron chi connectivity index (χ2n) is 5.98. The zero-order chi connectivity index (χ0) is 20.1. The van der Waals surface area contributed by atoms with Gasteiger partial charge in [0.2, 0.25) is 0 Å². The molecular weight excluding hydrogens is 370 g/mol. The van der Waals surface area contributed by atoms with Crippen LogP contribution in [0.4, 0.5) is 5.00 Å². The minimum absolute atomic E-state index is 0.00542. The fraction of sp³-hybridized carbons (Fsp3) is 0.316. The van der Waals surface area contributed by atoms with Gasteiger partial charge in [0.1, 0.15) is 22.0 Å². The van der Waals surface area contributed by atoms with E-state index in [0.717, 1.165) is 16.9 Å². The van der Waals surface area contributed by atoms with Gasteiger partial charge >= 0.3 is 17.9 Å². The highest BCUT2D eigenvalue weighted by atomic mass is 32.1. The molecule has 0 aliphatic heterocycles. The monoisotopic (exact) mass is 391 g/mol. The number of esters is 3. The lowest BCUT2D eigenvalue weighted by atomic mass is 10.0. The predicted octanol–water partition coefficient (Wildman–Crippen LogP) is 3.38. The molecule has 2 aromatic rings. The Kier molecular flexibility index (Phi) is 6.57. The molecule has 0 unspecified atom stereocenters.